The summed E-state index contributed by atoms with van der Waals surface area (Å²) in [5.41, 5.74) is 2.90. The SMILES string of the molecule is Cc1ccc(Cl)cc1-c1ccc([C@H]2[C@@H](c3ccccn3)NC(=S)N2CCO)o1. The van der Waals surface area contributed by atoms with Gasteiger partial charge in [0.05, 0.1) is 18.3 Å². The van der Waals surface area contributed by atoms with Gasteiger partial charge in [0.1, 0.15) is 17.6 Å². The molecule has 0 aliphatic carbocycles. The molecule has 1 aromatic carbocycles. The van der Waals surface area contributed by atoms with Gasteiger partial charge in [0.25, 0.3) is 0 Å². The first kappa shape index (κ1) is 18.9. The number of thiocarbonyl (C=S) groups is 1. The summed E-state index contributed by atoms with van der Waals surface area (Å²) in [4.78, 5) is 6.43. The lowest BCUT2D eigenvalue weighted by atomic mass is 10.0. The lowest BCUT2D eigenvalue weighted by Gasteiger charge is -2.25. The van der Waals surface area contributed by atoms with Crippen LogP contribution in [0.15, 0.2) is 59.1 Å². The van der Waals surface area contributed by atoms with E-state index in [4.69, 9.17) is 28.2 Å². The monoisotopic (exact) mass is 413 g/mol. The lowest BCUT2D eigenvalue weighted by molar-refractivity contribution is 0.209. The zero-order valence-corrected chi connectivity index (χ0v) is 16.9. The quantitative estimate of drug-likeness (QED) is 0.609. The number of aliphatic hydroxyl groups is 1. The molecule has 28 heavy (non-hydrogen) atoms. The van der Waals surface area contributed by atoms with Gasteiger partial charge in [-0.25, -0.2) is 0 Å². The summed E-state index contributed by atoms with van der Waals surface area (Å²) in [7, 11) is 0. The van der Waals surface area contributed by atoms with Crippen LogP contribution in [0.3, 0.4) is 0 Å². The van der Waals surface area contributed by atoms with Crippen molar-refractivity contribution in [1.82, 2.24) is 15.2 Å². The van der Waals surface area contributed by atoms with Crippen LogP contribution >= 0.6 is 23.8 Å². The van der Waals surface area contributed by atoms with Gasteiger partial charge in [-0.2, -0.15) is 0 Å². The number of aromatic nitrogens is 1. The predicted octanol–water partition coefficient (Wildman–Crippen LogP) is 4.27. The number of pyridine rings is 1. The fourth-order valence-corrected chi connectivity index (χ4v) is 4.08. The average Bonchev–Trinajstić information content (AvgIpc) is 3.30. The van der Waals surface area contributed by atoms with Crippen LogP contribution in [0.2, 0.25) is 5.02 Å². The third-order valence-electron chi connectivity index (χ3n) is 4.92. The number of β-amino-alcohol motifs (C(OH)–C–C–N with tert-alkyl or cyclic N) is 1. The Morgan fingerprint density at radius 2 is 2.11 bits per heavy atom. The molecule has 0 amide bonds. The van der Waals surface area contributed by atoms with Gasteiger partial charge in [-0.15, -0.1) is 0 Å². The lowest BCUT2D eigenvalue weighted by Crippen LogP contribution is -2.32. The summed E-state index contributed by atoms with van der Waals surface area (Å²) in [6.45, 7) is 2.43. The van der Waals surface area contributed by atoms with E-state index in [9.17, 15) is 5.11 Å². The van der Waals surface area contributed by atoms with E-state index in [-0.39, 0.29) is 18.7 Å². The van der Waals surface area contributed by atoms with Gasteiger partial charge in [-0.1, -0.05) is 23.7 Å². The largest absolute Gasteiger partial charge is 0.459 e. The van der Waals surface area contributed by atoms with E-state index in [0.29, 0.717) is 16.7 Å². The molecule has 0 saturated carbocycles. The van der Waals surface area contributed by atoms with Gasteiger partial charge < -0.3 is 19.7 Å². The van der Waals surface area contributed by atoms with Crippen molar-refractivity contribution in [2.75, 3.05) is 13.2 Å². The van der Waals surface area contributed by atoms with Gasteiger partial charge >= 0.3 is 0 Å². The van der Waals surface area contributed by atoms with E-state index >= 15 is 0 Å². The minimum absolute atomic E-state index is 0.00573. The Balaban J connectivity index is 1.75. The number of aryl methyl sites for hydroxylation is 1. The zero-order chi connectivity index (χ0) is 19.7. The number of rotatable bonds is 5. The first-order chi connectivity index (χ1) is 13.6. The smallest absolute Gasteiger partial charge is 0.170 e. The molecule has 1 aliphatic heterocycles. The minimum atomic E-state index is -0.206. The van der Waals surface area contributed by atoms with Crippen LogP contribution in [-0.4, -0.2) is 33.3 Å². The Hall–Kier alpha value is -2.41. The molecule has 3 aromatic rings. The summed E-state index contributed by atoms with van der Waals surface area (Å²) in [6, 6.07) is 15.1. The molecule has 4 rings (SSSR count). The average molecular weight is 414 g/mol. The second-order valence-electron chi connectivity index (χ2n) is 6.70. The van der Waals surface area contributed by atoms with Gasteiger partial charge in [0.2, 0.25) is 0 Å². The Kier molecular flexibility index (Phi) is 5.35. The van der Waals surface area contributed by atoms with Gasteiger partial charge in [-0.05, 0) is 61.1 Å². The summed E-state index contributed by atoms with van der Waals surface area (Å²) in [5, 5.41) is 14.1. The van der Waals surface area contributed by atoms with Gasteiger partial charge in [0.15, 0.2) is 5.11 Å². The number of nitrogens with one attached hydrogen (secondary N) is 1. The number of benzene rings is 1. The molecule has 1 aliphatic rings. The molecule has 5 nitrogen and oxygen atoms in total. The van der Waals surface area contributed by atoms with E-state index in [2.05, 4.69) is 10.3 Å². The van der Waals surface area contributed by atoms with Crippen molar-refractivity contribution in [2.45, 2.75) is 19.0 Å². The maximum atomic E-state index is 9.53. The Labute approximate surface area is 174 Å². The van der Waals surface area contributed by atoms with E-state index in [0.717, 1.165) is 28.3 Å². The minimum Gasteiger partial charge on any atom is -0.459 e. The molecular weight excluding hydrogens is 394 g/mol. The normalized spacial score (nSPS) is 19.1. The number of furan rings is 1. The molecule has 144 valence electrons. The maximum Gasteiger partial charge on any atom is 0.170 e. The topological polar surface area (TPSA) is 61.5 Å². The molecule has 2 atom stereocenters. The molecule has 0 radical (unpaired) electrons. The highest BCUT2D eigenvalue weighted by molar-refractivity contribution is 7.80. The van der Waals surface area contributed by atoms with Gasteiger partial charge in [-0.3, -0.25) is 4.98 Å². The van der Waals surface area contributed by atoms with Crippen molar-refractivity contribution >= 4 is 28.9 Å². The van der Waals surface area contributed by atoms with E-state index in [1.165, 1.54) is 0 Å². The molecule has 1 saturated heterocycles. The Morgan fingerprint density at radius 3 is 2.86 bits per heavy atom. The van der Waals surface area contributed by atoms with E-state index in [1.54, 1.807) is 6.20 Å². The van der Waals surface area contributed by atoms with Crippen LogP contribution in [0, 0.1) is 6.92 Å². The third-order valence-corrected chi connectivity index (χ3v) is 5.51. The van der Waals surface area contributed by atoms with Crippen LogP contribution in [0.5, 0.6) is 0 Å². The van der Waals surface area contributed by atoms with Crippen LogP contribution < -0.4 is 5.32 Å². The highest BCUT2D eigenvalue weighted by Crippen LogP contribution is 2.40. The van der Waals surface area contributed by atoms with Crippen LogP contribution in [0.1, 0.15) is 29.1 Å². The summed E-state index contributed by atoms with van der Waals surface area (Å²) in [6.07, 6.45) is 1.76. The number of aliphatic hydroxyl groups excluding tert-OH is 1. The maximum absolute atomic E-state index is 9.53. The fourth-order valence-electron chi connectivity index (χ4n) is 3.58. The van der Waals surface area contributed by atoms with Crippen molar-refractivity contribution in [3.8, 4) is 11.3 Å². The third kappa shape index (κ3) is 3.51. The first-order valence-electron chi connectivity index (χ1n) is 9.03. The molecule has 1 fully saturated rings. The van der Waals surface area contributed by atoms with Crippen molar-refractivity contribution in [3.63, 3.8) is 0 Å². The molecule has 3 heterocycles. The highest BCUT2D eigenvalue weighted by Gasteiger charge is 2.41. The molecule has 2 N–H and O–H groups in total. The second-order valence-corrected chi connectivity index (χ2v) is 7.53. The van der Waals surface area contributed by atoms with Crippen molar-refractivity contribution in [3.05, 3.63) is 76.8 Å². The van der Waals surface area contributed by atoms with Crippen LogP contribution in [0.4, 0.5) is 0 Å². The Morgan fingerprint density at radius 1 is 1.25 bits per heavy atom. The van der Waals surface area contributed by atoms with E-state index < -0.39 is 0 Å². The molecule has 0 unspecified atom stereocenters. The molecule has 7 heteroatoms. The van der Waals surface area contributed by atoms with E-state index in [1.807, 2.05) is 60.4 Å². The number of halogens is 1. The summed E-state index contributed by atoms with van der Waals surface area (Å²) >= 11 is 11.7. The van der Waals surface area contributed by atoms with Crippen LogP contribution in [0.25, 0.3) is 11.3 Å². The Bertz CT molecular complexity index is 992. The molecular formula is C21H20ClN3O2S. The predicted molar refractivity (Wildman–Crippen MR) is 113 cm³/mol. The molecule has 0 spiro atoms. The molecule has 0 bridgehead atoms. The van der Waals surface area contributed by atoms with Crippen molar-refractivity contribution < 1.29 is 9.52 Å². The summed E-state index contributed by atoms with van der Waals surface area (Å²) < 4.78 is 6.26. The molecule has 2 aromatic heterocycles. The van der Waals surface area contributed by atoms with Gasteiger partial charge in [0, 0.05) is 23.3 Å². The van der Waals surface area contributed by atoms with Crippen molar-refractivity contribution in [1.29, 1.82) is 0 Å². The number of hydrogen-bond acceptors (Lipinski definition) is 4. The van der Waals surface area contributed by atoms with Crippen LogP contribution in [-0.2, 0) is 0 Å². The van der Waals surface area contributed by atoms with Crippen molar-refractivity contribution in [2.24, 2.45) is 0 Å². The second kappa shape index (κ2) is 7.91. The first-order valence-corrected chi connectivity index (χ1v) is 9.82. The number of nitrogens with zero attached hydrogens (tertiary/aromatic N) is 2. The number of hydrogen-bond donors (Lipinski definition) is 2. The zero-order valence-electron chi connectivity index (χ0n) is 15.3. The fraction of sp³-hybridized carbons (Fsp3) is 0.238. The standard InChI is InChI=1S/C21H20ClN3O2S/c1-13-5-6-14(22)12-15(13)17-7-8-18(27-17)20-19(16-4-2-3-9-23-16)24-21(28)25(20)10-11-26/h2-9,12,19-20,26H,10-11H2,1H3,(H,24,28)/t19-,20+/m1/s1. The highest BCUT2D eigenvalue weighted by atomic mass is 35.5. The summed E-state index contributed by atoms with van der Waals surface area (Å²) in [5.74, 6) is 1.50.